The summed E-state index contributed by atoms with van der Waals surface area (Å²) in [6.07, 6.45) is 8.78. The lowest BCUT2D eigenvalue weighted by Gasteiger charge is -2.28. The van der Waals surface area contributed by atoms with Crippen LogP contribution in [-0.4, -0.2) is 45.4 Å². The number of carboxylic acids is 1. The van der Waals surface area contributed by atoms with Crippen LogP contribution in [0.5, 0.6) is 5.75 Å². The zero-order chi connectivity index (χ0) is 21.5. The Morgan fingerprint density at radius 1 is 1.27 bits per heavy atom. The fourth-order valence-electron chi connectivity index (χ4n) is 4.21. The monoisotopic (exact) mass is 414 g/mol. The number of hydrogen-bond donors (Lipinski definition) is 3. The highest BCUT2D eigenvalue weighted by Gasteiger charge is 2.39. The van der Waals surface area contributed by atoms with Gasteiger partial charge in [0.1, 0.15) is 23.7 Å². The van der Waals surface area contributed by atoms with Gasteiger partial charge in [0.15, 0.2) is 0 Å². The number of fused-ring (bicyclic) bond motifs is 1. The predicted molar refractivity (Wildman–Crippen MR) is 112 cm³/mol. The molecule has 162 valence electrons. The largest absolute Gasteiger partial charge is 0.487 e. The van der Waals surface area contributed by atoms with E-state index >= 15 is 0 Å². The predicted octanol–water partition coefficient (Wildman–Crippen LogP) is 3.06. The van der Waals surface area contributed by atoms with Gasteiger partial charge in [-0.05, 0) is 43.7 Å². The van der Waals surface area contributed by atoms with Crippen molar-refractivity contribution in [3.05, 3.63) is 54.1 Å². The van der Waals surface area contributed by atoms with Crippen LogP contribution in [0.25, 0.3) is 0 Å². The molecule has 1 saturated carbocycles. The number of para-hydroxylation sites is 1. The van der Waals surface area contributed by atoms with Crippen molar-refractivity contribution in [3.63, 3.8) is 0 Å². The third-order valence-corrected chi connectivity index (χ3v) is 5.91. The highest BCUT2D eigenvalue weighted by Crippen LogP contribution is 2.34. The van der Waals surface area contributed by atoms with Crippen molar-refractivity contribution in [2.75, 3.05) is 0 Å². The smallest absolute Gasteiger partial charge is 0.303 e. The van der Waals surface area contributed by atoms with Gasteiger partial charge in [0.2, 0.25) is 0 Å². The molecular formula is C24H30O6. The second-order valence-corrected chi connectivity index (χ2v) is 8.09. The highest BCUT2D eigenvalue weighted by atomic mass is 16.5. The number of carbonyl (C=O) groups excluding carboxylic acids is 1. The molecule has 1 fully saturated rings. The summed E-state index contributed by atoms with van der Waals surface area (Å²) in [6, 6.07) is 7.80. The molecule has 1 aromatic carbocycles. The Hall–Kier alpha value is -2.44. The first-order valence-electron chi connectivity index (χ1n) is 10.6. The summed E-state index contributed by atoms with van der Waals surface area (Å²) < 4.78 is 5.92. The Bertz CT molecular complexity index is 799. The van der Waals surface area contributed by atoms with Gasteiger partial charge in [-0.3, -0.25) is 9.59 Å². The summed E-state index contributed by atoms with van der Waals surface area (Å²) in [5.74, 6) is -0.668. The van der Waals surface area contributed by atoms with Crippen LogP contribution < -0.4 is 4.74 Å². The highest BCUT2D eigenvalue weighted by molar-refractivity contribution is 5.84. The number of carboxylic acid groups (broad SMARTS) is 1. The van der Waals surface area contributed by atoms with Crippen LogP contribution in [0.2, 0.25) is 0 Å². The number of rotatable bonds is 9. The topological polar surface area (TPSA) is 104 Å². The molecular weight excluding hydrogens is 384 g/mol. The molecule has 1 aliphatic carbocycles. The number of aliphatic hydroxyl groups is 2. The normalized spacial score (nSPS) is 27.3. The number of aliphatic hydroxyl groups excluding tert-OH is 2. The van der Waals surface area contributed by atoms with Crippen LogP contribution in [0, 0.1) is 11.8 Å². The van der Waals surface area contributed by atoms with E-state index in [9.17, 15) is 19.8 Å². The van der Waals surface area contributed by atoms with Crippen LogP contribution in [0.3, 0.4) is 0 Å². The maximum atomic E-state index is 12.3. The van der Waals surface area contributed by atoms with Gasteiger partial charge < -0.3 is 20.1 Å². The molecule has 30 heavy (non-hydrogen) atoms. The third-order valence-electron chi connectivity index (χ3n) is 5.91. The summed E-state index contributed by atoms with van der Waals surface area (Å²) in [5.41, 5.74) is 1.14. The van der Waals surface area contributed by atoms with Crippen LogP contribution >= 0.6 is 0 Å². The van der Waals surface area contributed by atoms with E-state index in [2.05, 4.69) is 0 Å². The molecule has 6 heteroatoms. The van der Waals surface area contributed by atoms with E-state index in [1.807, 2.05) is 36.4 Å². The van der Waals surface area contributed by atoms with Crippen molar-refractivity contribution in [2.45, 2.75) is 63.3 Å². The molecule has 1 aliphatic heterocycles. The second-order valence-electron chi connectivity index (χ2n) is 8.09. The fourth-order valence-corrected chi connectivity index (χ4v) is 4.21. The first-order valence-corrected chi connectivity index (χ1v) is 10.6. The van der Waals surface area contributed by atoms with E-state index in [4.69, 9.17) is 9.84 Å². The molecule has 1 aromatic rings. The molecule has 0 radical (unpaired) electrons. The Kier molecular flexibility index (Phi) is 7.82. The molecule has 3 rings (SSSR count). The Morgan fingerprint density at radius 2 is 2.07 bits per heavy atom. The molecule has 1 heterocycles. The van der Waals surface area contributed by atoms with E-state index in [0.717, 1.165) is 17.7 Å². The lowest BCUT2D eigenvalue weighted by Crippen LogP contribution is -2.34. The van der Waals surface area contributed by atoms with E-state index in [1.165, 1.54) is 0 Å². The van der Waals surface area contributed by atoms with Gasteiger partial charge in [0.05, 0.1) is 6.10 Å². The number of hydrogen-bond acceptors (Lipinski definition) is 5. The number of carbonyl (C=O) groups is 2. The summed E-state index contributed by atoms with van der Waals surface area (Å²) in [6.45, 7) is 0. The van der Waals surface area contributed by atoms with Gasteiger partial charge in [-0.25, -0.2) is 0 Å². The van der Waals surface area contributed by atoms with E-state index < -0.39 is 18.2 Å². The summed E-state index contributed by atoms with van der Waals surface area (Å²) in [7, 11) is 0. The molecule has 1 unspecified atom stereocenters. The fraction of sp³-hybridized carbons (Fsp3) is 0.500. The molecule has 3 N–H and O–H groups in total. The zero-order valence-corrected chi connectivity index (χ0v) is 17.0. The lowest BCUT2D eigenvalue weighted by atomic mass is 9.89. The molecule has 2 aliphatic rings. The van der Waals surface area contributed by atoms with Gasteiger partial charge in [-0.15, -0.1) is 0 Å². The van der Waals surface area contributed by atoms with Gasteiger partial charge in [0, 0.05) is 24.7 Å². The van der Waals surface area contributed by atoms with Gasteiger partial charge in [-0.1, -0.05) is 42.5 Å². The number of ether oxygens (including phenoxy) is 1. The zero-order valence-electron chi connectivity index (χ0n) is 17.0. The minimum absolute atomic E-state index is 0.0182. The second kappa shape index (κ2) is 10.5. The molecule has 0 saturated heterocycles. The van der Waals surface area contributed by atoms with Crippen molar-refractivity contribution in [1.82, 2.24) is 0 Å². The standard InChI is InChI=1S/C24H30O6/c25-19(23-14-11-16-7-5-6-9-22(16)30-23)13-12-18-17(20(26)15-21(18)27)8-3-1-2-4-10-24(28)29/h1,3,5-7,9,12-13,17-19,21,23,25,27H,2,4,8,10-11,14-15H2,(H,28,29)/b3-1-,13-12+/t17-,18?,19+,21-,23+/m1/s1. The number of allylic oxidation sites excluding steroid dienone is 2. The maximum absolute atomic E-state index is 12.3. The van der Waals surface area contributed by atoms with Crippen LogP contribution in [0.1, 0.15) is 44.1 Å². The minimum Gasteiger partial charge on any atom is -0.487 e. The Balaban J connectivity index is 1.55. The van der Waals surface area contributed by atoms with Crippen molar-refractivity contribution in [2.24, 2.45) is 11.8 Å². The molecule has 5 atom stereocenters. The first-order chi connectivity index (χ1) is 14.5. The average Bonchev–Trinajstić information content (AvgIpc) is 3.00. The van der Waals surface area contributed by atoms with Crippen molar-refractivity contribution in [1.29, 1.82) is 0 Å². The van der Waals surface area contributed by atoms with Gasteiger partial charge in [0.25, 0.3) is 0 Å². The van der Waals surface area contributed by atoms with Crippen LogP contribution in [0.4, 0.5) is 0 Å². The minimum atomic E-state index is -0.813. The van der Waals surface area contributed by atoms with E-state index in [-0.39, 0.29) is 36.6 Å². The molecule has 6 nitrogen and oxygen atoms in total. The number of aryl methyl sites for hydroxylation is 1. The van der Waals surface area contributed by atoms with Crippen LogP contribution in [-0.2, 0) is 16.0 Å². The molecule has 0 bridgehead atoms. The summed E-state index contributed by atoms with van der Waals surface area (Å²) in [5, 5.41) is 29.5. The number of benzene rings is 1. The number of Topliss-reactive ketones (excluding diaryl/α,β-unsaturated/α-hetero) is 1. The Morgan fingerprint density at radius 3 is 2.87 bits per heavy atom. The SMILES string of the molecule is O=C(O)CCC/C=C\C[C@H]1C(=O)C[C@@H](O)C1/C=C/[C@H](O)[C@@H]1CCc2ccccc2O1. The van der Waals surface area contributed by atoms with E-state index in [1.54, 1.807) is 12.2 Å². The number of ketones is 1. The third kappa shape index (κ3) is 5.80. The van der Waals surface area contributed by atoms with Gasteiger partial charge >= 0.3 is 5.97 Å². The number of unbranched alkanes of at least 4 members (excludes halogenated alkanes) is 1. The molecule has 0 spiro atoms. The van der Waals surface area contributed by atoms with Crippen molar-refractivity contribution >= 4 is 11.8 Å². The molecule has 0 amide bonds. The quantitative estimate of drug-likeness (QED) is 0.424. The maximum Gasteiger partial charge on any atom is 0.303 e. The van der Waals surface area contributed by atoms with Crippen molar-refractivity contribution < 1.29 is 29.6 Å². The average molecular weight is 414 g/mol. The van der Waals surface area contributed by atoms with Gasteiger partial charge in [-0.2, -0.15) is 0 Å². The summed E-state index contributed by atoms with van der Waals surface area (Å²) >= 11 is 0. The van der Waals surface area contributed by atoms with Crippen molar-refractivity contribution in [3.8, 4) is 5.75 Å². The molecule has 0 aromatic heterocycles. The Labute approximate surface area is 176 Å². The van der Waals surface area contributed by atoms with E-state index in [0.29, 0.717) is 25.7 Å². The number of aliphatic carboxylic acids is 1. The summed E-state index contributed by atoms with van der Waals surface area (Å²) in [4.78, 5) is 22.8. The first kappa shape index (κ1) is 22.2. The lowest BCUT2D eigenvalue weighted by molar-refractivity contribution is -0.137. The van der Waals surface area contributed by atoms with Crippen LogP contribution in [0.15, 0.2) is 48.6 Å².